The number of nitrogens with one attached hydrogen (secondary N) is 1. The summed E-state index contributed by atoms with van der Waals surface area (Å²) in [5, 5.41) is 3.40. The highest BCUT2D eigenvalue weighted by Crippen LogP contribution is 2.20. The molecule has 0 fully saturated rings. The van der Waals surface area contributed by atoms with E-state index >= 15 is 0 Å². The third-order valence-corrected chi connectivity index (χ3v) is 2.44. The second-order valence-corrected chi connectivity index (χ2v) is 5.00. The van der Waals surface area contributed by atoms with Crippen molar-refractivity contribution < 1.29 is 4.74 Å². The van der Waals surface area contributed by atoms with Crippen molar-refractivity contribution in [2.75, 3.05) is 6.54 Å². The molecule has 0 bridgehead atoms. The topological polar surface area (TPSA) is 21.3 Å². The van der Waals surface area contributed by atoms with Gasteiger partial charge in [-0.05, 0) is 32.9 Å². The quantitative estimate of drug-likeness (QED) is 0.738. The summed E-state index contributed by atoms with van der Waals surface area (Å²) >= 11 is 0. The van der Waals surface area contributed by atoms with Crippen molar-refractivity contribution in [1.29, 1.82) is 0 Å². The summed E-state index contributed by atoms with van der Waals surface area (Å²) in [6, 6.07) is 8.71. The van der Waals surface area contributed by atoms with E-state index in [9.17, 15) is 0 Å². The lowest BCUT2D eigenvalue weighted by Crippen LogP contribution is -2.23. The summed E-state index contributed by atoms with van der Waals surface area (Å²) in [4.78, 5) is 0. The Morgan fingerprint density at radius 2 is 1.89 bits per heavy atom. The first kappa shape index (κ1) is 14.8. The van der Waals surface area contributed by atoms with Gasteiger partial charge in [-0.1, -0.05) is 44.2 Å². The Labute approximate surface area is 111 Å². The number of benzene rings is 1. The van der Waals surface area contributed by atoms with Gasteiger partial charge in [0.05, 0.1) is 6.10 Å². The Morgan fingerprint density at radius 3 is 2.56 bits per heavy atom. The van der Waals surface area contributed by atoms with E-state index < -0.39 is 0 Å². The molecule has 0 saturated heterocycles. The van der Waals surface area contributed by atoms with Crippen LogP contribution in [0.2, 0.25) is 0 Å². The highest BCUT2D eigenvalue weighted by molar-refractivity contribution is 5.57. The van der Waals surface area contributed by atoms with Crippen LogP contribution in [0.1, 0.15) is 39.7 Å². The molecule has 1 aromatic rings. The minimum Gasteiger partial charge on any atom is -0.490 e. The normalized spacial score (nSPS) is 11.7. The molecule has 2 nitrogen and oxygen atoms in total. The second kappa shape index (κ2) is 7.93. The van der Waals surface area contributed by atoms with Crippen LogP contribution in [-0.2, 0) is 0 Å². The molecule has 100 valence electrons. The highest BCUT2D eigenvalue weighted by Gasteiger charge is 2.01. The van der Waals surface area contributed by atoms with Gasteiger partial charge >= 0.3 is 0 Å². The molecule has 0 amide bonds. The molecule has 0 saturated carbocycles. The Bertz CT molecular complexity index is 369. The van der Waals surface area contributed by atoms with Crippen LogP contribution in [0.25, 0.3) is 6.08 Å². The fourth-order valence-corrected chi connectivity index (χ4v) is 1.65. The molecule has 0 aromatic heterocycles. The Kier molecular flexibility index (Phi) is 6.51. The van der Waals surface area contributed by atoms with E-state index in [0.717, 1.165) is 24.3 Å². The molecule has 1 rings (SSSR count). The lowest BCUT2D eigenvalue weighted by atomic mass is 10.1. The lowest BCUT2D eigenvalue weighted by Gasteiger charge is -2.12. The average molecular weight is 247 g/mol. The zero-order valence-electron chi connectivity index (χ0n) is 11.9. The molecule has 1 aromatic carbocycles. The Hall–Kier alpha value is -1.28. The van der Waals surface area contributed by atoms with Gasteiger partial charge in [0, 0.05) is 11.6 Å². The third-order valence-electron chi connectivity index (χ3n) is 2.44. The molecule has 0 aliphatic rings. The smallest absolute Gasteiger partial charge is 0.126 e. The van der Waals surface area contributed by atoms with Crippen molar-refractivity contribution in [3.63, 3.8) is 0 Å². The number of para-hydroxylation sites is 1. The summed E-state index contributed by atoms with van der Waals surface area (Å²) in [6.07, 6.45) is 5.58. The van der Waals surface area contributed by atoms with Crippen LogP contribution in [-0.4, -0.2) is 18.7 Å². The van der Waals surface area contributed by atoms with Crippen molar-refractivity contribution in [2.45, 2.75) is 46.3 Å². The van der Waals surface area contributed by atoms with E-state index in [2.05, 4.69) is 37.4 Å². The first-order valence-corrected chi connectivity index (χ1v) is 6.75. The van der Waals surface area contributed by atoms with E-state index in [1.54, 1.807) is 0 Å². The van der Waals surface area contributed by atoms with E-state index in [0.29, 0.717) is 6.04 Å². The molecule has 0 heterocycles. The monoisotopic (exact) mass is 247 g/mol. The van der Waals surface area contributed by atoms with Gasteiger partial charge in [-0.2, -0.15) is 0 Å². The van der Waals surface area contributed by atoms with Gasteiger partial charge in [0.25, 0.3) is 0 Å². The summed E-state index contributed by atoms with van der Waals surface area (Å²) in [5.74, 6) is 0.959. The first-order chi connectivity index (χ1) is 8.59. The summed E-state index contributed by atoms with van der Waals surface area (Å²) in [6.45, 7) is 9.44. The first-order valence-electron chi connectivity index (χ1n) is 6.75. The van der Waals surface area contributed by atoms with Crippen LogP contribution >= 0.6 is 0 Å². The standard InChI is InChI=1S/C16H25NO/c1-13(2)17-12-8-7-10-15-9-5-6-11-16(15)18-14(3)4/h5-7,9-11,13-14,17H,8,12H2,1-4H3. The number of hydrogen-bond acceptors (Lipinski definition) is 2. The van der Waals surface area contributed by atoms with Crippen molar-refractivity contribution >= 4 is 6.08 Å². The van der Waals surface area contributed by atoms with Gasteiger partial charge in [-0.3, -0.25) is 0 Å². The van der Waals surface area contributed by atoms with Crippen LogP contribution in [0.4, 0.5) is 0 Å². The summed E-state index contributed by atoms with van der Waals surface area (Å²) in [7, 11) is 0. The van der Waals surface area contributed by atoms with Crippen molar-refractivity contribution in [3.05, 3.63) is 35.9 Å². The van der Waals surface area contributed by atoms with E-state index in [1.165, 1.54) is 0 Å². The van der Waals surface area contributed by atoms with E-state index in [4.69, 9.17) is 4.74 Å². The van der Waals surface area contributed by atoms with E-state index in [-0.39, 0.29) is 6.10 Å². The van der Waals surface area contributed by atoms with Crippen LogP contribution < -0.4 is 10.1 Å². The van der Waals surface area contributed by atoms with Gasteiger partial charge in [0.15, 0.2) is 0 Å². The zero-order chi connectivity index (χ0) is 13.4. The number of hydrogen-bond donors (Lipinski definition) is 1. The molecule has 0 atom stereocenters. The SMILES string of the molecule is CC(C)NCCC=Cc1ccccc1OC(C)C. The van der Waals surface area contributed by atoms with Crippen LogP contribution in [0.3, 0.4) is 0 Å². The van der Waals surface area contributed by atoms with Gasteiger partial charge in [0.2, 0.25) is 0 Å². The molecule has 0 aliphatic heterocycles. The fraction of sp³-hybridized carbons (Fsp3) is 0.500. The molecular formula is C16H25NO. The van der Waals surface area contributed by atoms with Gasteiger partial charge < -0.3 is 10.1 Å². The lowest BCUT2D eigenvalue weighted by molar-refractivity contribution is 0.242. The predicted molar refractivity (Wildman–Crippen MR) is 79.0 cm³/mol. The molecular weight excluding hydrogens is 222 g/mol. The van der Waals surface area contributed by atoms with Crippen LogP contribution in [0, 0.1) is 0 Å². The zero-order valence-corrected chi connectivity index (χ0v) is 11.9. The van der Waals surface area contributed by atoms with Crippen LogP contribution in [0.5, 0.6) is 5.75 Å². The van der Waals surface area contributed by atoms with Gasteiger partial charge in [0.1, 0.15) is 5.75 Å². The minimum atomic E-state index is 0.210. The molecule has 0 radical (unpaired) electrons. The van der Waals surface area contributed by atoms with Crippen molar-refractivity contribution in [1.82, 2.24) is 5.32 Å². The maximum atomic E-state index is 5.77. The number of rotatable bonds is 7. The molecule has 0 spiro atoms. The van der Waals surface area contributed by atoms with Gasteiger partial charge in [-0.25, -0.2) is 0 Å². The minimum absolute atomic E-state index is 0.210. The molecule has 1 N–H and O–H groups in total. The van der Waals surface area contributed by atoms with Gasteiger partial charge in [-0.15, -0.1) is 0 Å². The predicted octanol–water partition coefficient (Wildman–Crippen LogP) is 3.88. The second-order valence-electron chi connectivity index (χ2n) is 5.00. The fourth-order valence-electron chi connectivity index (χ4n) is 1.65. The number of ether oxygens (including phenoxy) is 1. The highest BCUT2D eigenvalue weighted by atomic mass is 16.5. The van der Waals surface area contributed by atoms with E-state index in [1.807, 2.05) is 32.0 Å². The summed E-state index contributed by atoms with van der Waals surface area (Å²) < 4.78 is 5.77. The maximum Gasteiger partial charge on any atom is 0.126 e. The van der Waals surface area contributed by atoms with Crippen molar-refractivity contribution in [2.24, 2.45) is 0 Å². The summed E-state index contributed by atoms with van der Waals surface area (Å²) in [5.41, 5.74) is 1.15. The molecule has 0 unspecified atom stereocenters. The Morgan fingerprint density at radius 1 is 1.17 bits per heavy atom. The average Bonchev–Trinajstić information content (AvgIpc) is 2.29. The van der Waals surface area contributed by atoms with Crippen LogP contribution in [0.15, 0.2) is 30.3 Å². The maximum absolute atomic E-state index is 5.77. The van der Waals surface area contributed by atoms with Crippen molar-refractivity contribution in [3.8, 4) is 5.75 Å². The third kappa shape index (κ3) is 5.87. The largest absolute Gasteiger partial charge is 0.490 e. The Balaban J connectivity index is 2.52. The molecule has 2 heteroatoms. The molecule has 18 heavy (non-hydrogen) atoms. The molecule has 0 aliphatic carbocycles.